The van der Waals surface area contributed by atoms with Crippen LogP contribution in [0.2, 0.25) is 0 Å². The number of aliphatic hydroxyl groups is 1. The summed E-state index contributed by atoms with van der Waals surface area (Å²) in [4.78, 5) is 0. The summed E-state index contributed by atoms with van der Waals surface area (Å²) in [6, 6.07) is 0. The number of hydrogen-bond acceptors (Lipinski definition) is 2. The summed E-state index contributed by atoms with van der Waals surface area (Å²) in [5.41, 5.74) is 0.189. The molecular formula is C15H32NO2P. The molecule has 0 amide bonds. The van der Waals surface area contributed by atoms with Gasteiger partial charge in [0, 0.05) is 0 Å². The Labute approximate surface area is 121 Å². The van der Waals surface area contributed by atoms with Crippen molar-refractivity contribution in [3.63, 3.8) is 0 Å². The fourth-order valence-corrected chi connectivity index (χ4v) is 3.19. The van der Waals surface area contributed by atoms with Crippen LogP contribution in [0.15, 0.2) is 0 Å². The Kier molecular flexibility index (Phi) is 10.8. The van der Waals surface area contributed by atoms with E-state index in [4.69, 9.17) is 0 Å². The molecule has 0 saturated carbocycles. The molecule has 0 bridgehead atoms. The molecule has 19 heavy (non-hydrogen) atoms. The van der Waals surface area contributed by atoms with Gasteiger partial charge in [0.1, 0.15) is 12.4 Å². The van der Waals surface area contributed by atoms with Gasteiger partial charge in [-0.25, -0.2) is 0 Å². The van der Waals surface area contributed by atoms with Crippen molar-refractivity contribution in [2.75, 3.05) is 27.7 Å². The van der Waals surface area contributed by atoms with Crippen LogP contribution in [-0.4, -0.2) is 48.6 Å². The second-order valence-corrected chi connectivity index (χ2v) is 7.70. The van der Waals surface area contributed by atoms with E-state index < -0.39 is 5.85 Å². The van der Waals surface area contributed by atoms with E-state index in [1.165, 1.54) is 32.1 Å². The Morgan fingerprint density at radius 3 is 2.11 bits per heavy atom. The molecule has 0 aliphatic rings. The number of rotatable bonds is 11. The molecule has 0 fully saturated rings. The third-order valence-electron chi connectivity index (χ3n) is 3.00. The van der Waals surface area contributed by atoms with Gasteiger partial charge in [0.25, 0.3) is 0 Å². The van der Waals surface area contributed by atoms with Crippen LogP contribution in [0.1, 0.15) is 58.3 Å². The fraction of sp³-hybridized carbons (Fsp3) is 0.933. The van der Waals surface area contributed by atoms with E-state index in [1.54, 1.807) is 0 Å². The molecule has 0 radical (unpaired) electrons. The van der Waals surface area contributed by atoms with Crippen LogP contribution < -0.4 is 5.11 Å². The molecule has 0 aromatic rings. The van der Waals surface area contributed by atoms with Crippen molar-refractivity contribution < 1.29 is 14.7 Å². The van der Waals surface area contributed by atoms with E-state index in [2.05, 4.69) is 6.92 Å². The molecule has 0 spiro atoms. The summed E-state index contributed by atoms with van der Waals surface area (Å²) in [5.74, 6) is -0.517. The zero-order valence-electron chi connectivity index (χ0n) is 13.2. The number of nitrogens with zero attached hydrogens (tertiary/aromatic N) is 1. The maximum Gasteiger partial charge on any atom is 0.142 e. The highest BCUT2D eigenvalue weighted by Gasteiger charge is 2.12. The molecule has 0 aromatic carbocycles. The first-order valence-corrected chi connectivity index (χ1v) is 8.53. The Bertz CT molecular complexity index is 249. The highest BCUT2D eigenvalue weighted by atomic mass is 31.1. The van der Waals surface area contributed by atoms with Crippen molar-refractivity contribution in [1.29, 1.82) is 0 Å². The van der Waals surface area contributed by atoms with Crippen molar-refractivity contribution in [2.24, 2.45) is 0 Å². The Morgan fingerprint density at radius 1 is 1.05 bits per heavy atom. The summed E-state index contributed by atoms with van der Waals surface area (Å²) in [6.07, 6.45) is 9.23. The average Bonchev–Trinajstić information content (AvgIpc) is 2.25. The molecule has 1 N–H and O–H groups in total. The standard InChI is InChI=1S/C15H32NO2P/c1-5-6-7-8-9-10-11-12-14(17)19-15(18)13-16(2,3)4/h15,18H,5-13H2,1-4H3. The number of likely N-dealkylation sites (N-methyl/N-ethyl adjacent to an activating group) is 1. The van der Waals surface area contributed by atoms with Gasteiger partial charge < -0.3 is 14.7 Å². The summed E-state index contributed by atoms with van der Waals surface area (Å²) >= 11 is 0. The highest BCUT2D eigenvalue weighted by molar-refractivity contribution is 7.40. The number of hydrogen-bond donors (Lipinski definition) is 1. The van der Waals surface area contributed by atoms with E-state index in [9.17, 15) is 10.2 Å². The first-order valence-electron chi connectivity index (χ1n) is 7.57. The third-order valence-corrected chi connectivity index (χ3v) is 3.97. The normalized spacial score (nSPS) is 14.7. The molecule has 0 aliphatic heterocycles. The highest BCUT2D eigenvalue weighted by Crippen LogP contribution is 2.13. The van der Waals surface area contributed by atoms with Crippen LogP contribution in [0.25, 0.3) is 0 Å². The van der Waals surface area contributed by atoms with Gasteiger partial charge >= 0.3 is 0 Å². The van der Waals surface area contributed by atoms with Gasteiger partial charge in [-0.05, 0) is 6.42 Å². The van der Waals surface area contributed by atoms with E-state index >= 15 is 0 Å². The Balaban J connectivity index is 3.64. The lowest BCUT2D eigenvalue weighted by atomic mass is 10.1. The van der Waals surface area contributed by atoms with Crippen LogP contribution in [0, 0.1) is 0 Å². The zero-order chi connectivity index (χ0) is 14.7. The minimum absolute atomic E-state index is 0.189. The molecule has 0 heterocycles. The minimum Gasteiger partial charge on any atom is -0.827 e. The molecule has 1 unspecified atom stereocenters. The van der Waals surface area contributed by atoms with Crippen LogP contribution in [0.4, 0.5) is 0 Å². The minimum atomic E-state index is -0.517. The van der Waals surface area contributed by atoms with Gasteiger partial charge in [-0.3, -0.25) is 0 Å². The van der Waals surface area contributed by atoms with E-state index in [-0.39, 0.29) is 5.48 Å². The monoisotopic (exact) mass is 289 g/mol. The molecule has 4 heteroatoms. The maximum absolute atomic E-state index is 11.7. The van der Waals surface area contributed by atoms with Gasteiger partial charge in [-0.15, -0.1) is 5.48 Å². The first-order chi connectivity index (χ1) is 8.85. The van der Waals surface area contributed by atoms with E-state index in [1.807, 2.05) is 21.1 Å². The lowest BCUT2D eigenvalue weighted by Gasteiger charge is -2.26. The van der Waals surface area contributed by atoms with Gasteiger partial charge in [0.2, 0.25) is 0 Å². The number of unbranched alkanes of at least 4 members (excludes halogenated alkanes) is 6. The quantitative estimate of drug-likeness (QED) is 0.361. The topological polar surface area (TPSA) is 43.3 Å². The second-order valence-electron chi connectivity index (χ2n) is 6.35. The summed E-state index contributed by atoms with van der Waals surface area (Å²) in [5, 5.41) is 21.5. The Hall–Kier alpha value is 0.0500. The lowest BCUT2D eigenvalue weighted by Crippen LogP contribution is -2.40. The number of aliphatic hydroxyl groups excluding tert-OH is 1. The van der Waals surface area contributed by atoms with Crippen molar-refractivity contribution in [3.05, 3.63) is 0 Å². The van der Waals surface area contributed by atoms with E-state index in [0.29, 0.717) is 25.7 Å². The van der Waals surface area contributed by atoms with Gasteiger partial charge in [0.15, 0.2) is 0 Å². The number of quaternary nitrogens is 1. The summed E-state index contributed by atoms with van der Waals surface area (Å²) in [7, 11) is 6.66. The predicted molar refractivity (Wildman–Crippen MR) is 83.4 cm³/mol. The van der Waals surface area contributed by atoms with Crippen LogP contribution >= 0.6 is 8.20 Å². The molecule has 0 rings (SSSR count). The predicted octanol–water partition coefficient (Wildman–Crippen LogP) is 2.59. The Morgan fingerprint density at radius 2 is 1.58 bits per heavy atom. The average molecular weight is 289 g/mol. The van der Waals surface area contributed by atoms with Crippen molar-refractivity contribution in [3.8, 4) is 0 Å². The third kappa shape index (κ3) is 14.3. The molecule has 0 saturated heterocycles. The van der Waals surface area contributed by atoms with Crippen LogP contribution in [-0.2, 0) is 0 Å². The second kappa shape index (κ2) is 10.8. The molecular weight excluding hydrogens is 257 g/mol. The van der Waals surface area contributed by atoms with Gasteiger partial charge in [-0.2, -0.15) is 0 Å². The zero-order valence-corrected chi connectivity index (χ0v) is 14.1. The fourth-order valence-electron chi connectivity index (χ4n) is 1.99. The molecule has 0 aromatic heterocycles. The largest absolute Gasteiger partial charge is 0.827 e. The molecule has 3 nitrogen and oxygen atoms in total. The van der Waals surface area contributed by atoms with Gasteiger partial charge in [-0.1, -0.05) is 60.1 Å². The summed E-state index contributed by atoms with van der Waals surface area (Å²) in [6.45, 7) is 2.85. The SMILES string of the molecule is CCCCCCCCCC([O-])=PC(O)C[N+](C)(C)C. The lowest BCUT2D eigenvalue weighted by molar-refractivity contribution is -0.871. The van der Waals surface area contributed by atoms with Crippen molar-refractivity contribution in [1.82, 2.24) is 0 Å². The molecule has 114 valence electrons. The molecule has 0 aliphatic carbocycles. The van der Waals surface area contributed by atoms with E-state index in [0.717, 1.165) is 12.8 Å². The van der Waals surface area contributed by atoms with Crippen LogP contribution in [0.5, 0.6) is 0 Å². The smallest absolute Gasteiger partial charge is 0.142 e. The summed E-state index contributed by atoms with van der Waals surface area (Å²) < 4.78 is 0.693. The van der Waals surface area contributed by atoms with Crippen molar-refractivity contribution >= 4 is 13.7 Å². The molecule has 1 atom stereocenters. The maximum atomic E-state index is 11.7. The van der Waals surface area contributed by atoms with Crippen molar-refractivity contribution in [2.45, 2.75) is 64.1 Å². The van der Waals surface area contributed by atoms with Crippen LogP contribution in [0.3, 0.4) is 0 Å². The first kappa shape index (κ1) is 19.1. The van der Waals surface area contributed by atoms with Gasteiger partial charge in [0.05, 0.1) is 21.1 Å².